The van der Waals surface area contributed by atoms with Gasteiger partial charge in [0.05, 0.1) is 12.2 Å². The first-order valence-electron chi connectivity index (χ1n) is 4.29. The van der Waals surface area contributed by atoms with Crippen molar-refractivity contribution in [3.63, 3.8) is 0 Å². The van der Waals surface area contributed by atoms with E-state index in [0.29, 0.717) is 6.42 Å². The number of aliphatic hydroxyl groups excluding tert-OH is 4. The van der Waals surface area contributed by atoms with Gasteiger partial charge in [-0.2, -0.15) is 0 Å². The van der Waals surface area contributed by atoms with Crippen LogP contribution >= 0.6 is 0 Å². The van der Waals surface area contributed by atoms with Gasteiger partial charge in [-0.1, -0.05) is 0 Å². The van der Waals surface area contributed by atoms with Gasteiger partial charge in [0.1, 0.15) is 12.2 Å². The molecular formula is C8H16O5. The van der Waals surface area contributed by atoms with Gasteiger partial charge in [0.2, 0.25) is 0 Å². The van der Waals surface area contributed by atoms with Crippen molar-refractivity contribution in [1.29, 1.82) is 0 Å². The lowest BCUT2D eigenvalue weighted by atomic mass is 9.81. The molecule has 0 bridgehead atoms. The molecule has 0 heterocycles. The second-order valence-electron chi connectivity index (χ2n) is 3.42. The van der Waals surface area contributed by atoms with Gasteiger partial charge in [-0.25, -0.2) is 0 Å². The molecule has 5 atom stereocenters. The zero-order valence-electron chi connectivity index (χ0n) is 7.50. The van der Waals surface area contributed by atoms with Gasteiger partial charge >= 0.3 is 0 Å². The van der Waals surface area contributed by atoms with Crippen LogP contribution < -0.4 is 0 Å². The van der Waals surface area contributed by atoms with Gasteiger partial charge in [-0.3, -0.25) is 0 Å². The van der Waals surface area contributed by atoms with Gasteiger partial charge in [-0.05, 0) is 6.42 Å². The Labute approximate surface area is 76.6 Å². The average Bonchev–Trinajstić information content (AvgIpc) is 2.15. The summed E-state index contributed by atoms with van der Waals surface area (Å²) in [5.74, 6) is -0.427. The Kier molecular flexibility index (Phi) is 3.63. The van der Waals surface area contributed by atoms with Crippen LogP contribution in [0.15, 0.2) is 0 Å². The molecule has 1 aliphatic carbocycles. The predicted octanol–water partition coefficient (Wildman–Crippen LogP) is -1.90. The van der Waals surface area contributed by atoms with Crippen molar-refractivity contribution in [3.05, 3.63) is 0 Å². The Bertz CT molecular complexity index is 143. The first-order valence-corrected chi connectivity index (χ1v) is 4.29. The molecular weight excluding hydrogens is 176 g/mol. The van der Waals surface area contributed by atoms with Crippen LogP contribution in [0.5, 0.6) is 0 Å². The molecule has 13 heavy (non-hydrogen) atoms. The molecule has 1 saturated carbocycles. The van der Waals surface area contributed by atoms with Crippen LogP contribution in [-0.4, -0.2) is 58.6 Å². The topological polar surface area (TPSA) is 90.2 Å². The minimum atomic E-state index is -1.24. The fourth-order valence-corrected chi connectivity index (χ4v) is 1.70. The summed E-state index contributed by atoms with van der Waals surface area (Å²) in [4.78, 5) is 0. The summed E-state index contributed by atoms with van der Waals surface area (Å²) in [5, 5.41) is 37.0. The smallest absolute Gasteiger partial charge is 0.109 e. The molecule has 0 aromatic carbocycles. The third-order valence-electron chi connectivity index (χ3n) is 2.64. The zero-order chi connectivity index (χ0) is 10.0. The summed E-state index contributed by atoms with van der Waals surface area (Å²) < 4.78 is 4.92. The summed E-state index contributed by atoms with van der Waals surface area (Å²) in [6.07, 6.45) is -3.56. The van der Waals surface area contributed by atoms with E-state index < -0.39 is 30.3 Å². The molecule has 78 valence electrons. The van der Waals surface area contributed by atoms with Crippen molar-refractivity contribution in [2.75, 3.05) is 13.7 Å². The van der Waals surface area contributed by atoms with E-state index in [-0.39, 0.29) is 6.61 Å². The van der Waals surface area contributed by atoms with Gasteiger partial charge in [0.25, 0.3) is 0 Å². The number of rotatable bonds is 2. The van der Waals surface area contributed by atoms with Crippen LogP contribution in [0.1, 0.15) is 6.42 Å². The van der Waals surface area contributed by atoms with Crippen LogP contribution in [0.4, 0.5) is 0 Å². The van der Waals surface area contributed by atoms with E-state index in [4.69, 9.17) is 9.84 Å². The molecule has 0 spiro atoms. The molecule has 1 rings (SSSR count). The Morgan fingerprint density at radius 2 is 1.77 bits per heavy atom. The standard InChI is InChI=1S/C8H16O5/c1-13-5-2-4(3-9)6(10)8(12)7(5)11/h4-12H,2-3H2,1H3/t4-,5-,6-,7+,8+/m1/s1. The van der Waals surface area contributed by atoms with E-state index in [1.165, 1.54) is 7.11 Å². The highest BCUT2D eigenvalue weighted by Crippen LogP contribution is 2.26. The Morgan fingerprint density at radius 3 is 2.23 bits per heavy atom. The number of ether oxygens (including phenoxy) is 1. The summed E-state index contributed by atoms with van der Waals surface area (Å²) in [7, 11) is 1.42. The third-order valence-corrected chi connectivity index (χ3v) is 2.64. The van der Waals surface area contributed by atoms with E-state index in [9.17, 15) is 15.3 Å². The van der Waals surface area contributed by atoms with Crippen molar-refractivity contribution in [3.8, 4) is 0 Å². The molecule has 0 aromatic rings. The van der Waals surface area contributed by atoms with Crippen molar-refractivity contribution in [2.45, 2.75) is 30.8 Å². The van der Waals surface area contributed by atoms with E-state index in [2.05, 4.69) is 0 Å². The van der Waals surface area contributed by atoms with Crippen LogP contribution in [0.2, 0.25) is 0 Å². The SMILES string of the molecule is CO[C@@H]1C[C@H](CO)[C@@H](O)[C@H](O)[C@H]1O. The second-order valence-corrected chi connectivity index (χ2v) is 3.42. The molecule has 5 nitrogen and oxygen atoms in total. The monoisotopic (exact) mass is 192 g/mol. The lowest BCUT2D eigenvalue weighted by molar-refractivity contribution is -0.170. The Morgan fingerprint density at radius 1 is 1.15 bits per heavy atom. The van der Waals surface area contributed by atoms with Crippen molar-refractivity contribution in [2.24, 2.45) is 5.92 Å². The van der Waals surface area contributed by atoms with E-state index in [1.807, 2.05) is 0 Å². The van der Waals surface area contributed by atoms with Gasteiger partial charge in [-0.15, -0.1) is 0 Å². The van der Waals surface area contributed by atoms with E-state index in [0.717, 1.165) is 0 Å². The molecule has 5 heteroatoms. The molecule has 0 amide bonds. The van der Waals surface area contributed by atoms with Crippen molar-refractivity contribution >= 4 is 0 Å². The Balaban J connectivity index is 2.66. The minimum absolute atomic E-state index is 0.217. The largest absolute Gasteiger partial charge is 0.396 e. The van der Waals surface area contributed by atoms with Crippen molar-refractivity contribution < 1.29 is 25.2 Å². The molecule has 0 aromatic heterocycles. The maximum absolute atomic E-state index is 9.40. The van der Waals surface area contributed by atoms with Crippen LogP contribution in [0, 0.1) is 5.92 Å². The Hall–Kier alpha value is -0.200. The fraction of sp³-hybridized carbons (Fsp3) is 1.00. The molecule has 1 fully saturated rings. The number of hydrogen-bond acceptors (Lipinski definition) is 5. The van der Waals surface area contributed by atoms with Gasteiger partial charge in [0.15, 0.2) is 0 Å². The maximum Gasteiger partial charge on any atom is 0.109 e. The van der Waals surface area contributed by atoms with Crippen LogP contribution in [0.3, 0.4) is 0 Å². The van der Waals surface area contributed by atoms with Crippen LogP contribution in [0.25, 0.3) is 0 Å². The second kappa shape index (κ2) is 4.34. The first kappa shape index (κ1) is 10.9. The fourth-order valence-electron chi connectivity index (χ4n) is 1.70. The predicted molar refractivity (Wildman–Crippen MR) is 44.0 cm³/mol. The first-order chi connectivity index (χ1) is 6.11. The molecule has 0 unspecified atom stereocenters. The highest BCUT2D eigenvalue weighted by Gasteiger charge is 2.42. The molecule has 0 radical (unpaired) electrons. The average molecular weight is 192 g/mol. The lowest BCUT2D eigenvalue weighted by Crippen LogP contribution is -2.54. The van der Waals surface area contributed by atoms with Crippen LogP contribution in [-0.2, 0) is 4.74 Å². The van der Waals surface area contributed by atoms with Gasteiger partial charge < -0.3 is 25.2 Å². The van der Waals surface area contributed by atoms with Gasteiger partial charge in [0, 0.05) is 19.6 Å². The van der Waals surface area contributed by atoms with E-state index >= 15 is 0 Å². The maximum atomic E-state index is 9.40. The quantitative estimate of drug-likeness (QED) is 0.410. The highest BCUT2D eigenvalue weighted by molar-refractivity contribution is 4.92. The van der Waals surface area contributed by atoms with E-state index in [1.54, 1.807) is 0 Å². The number of hydrogen-bond donors (Lipinski definition) is 4. The third kappa shape index (κ3) is 2.00. The lowest BCUT2D eigenvalue weighted by Gasteiger charge is -2.38. The molecule has 0 aliphatic heterocycles. The molecule has 4 N–H and O–H groups in total. The highest BCUT2D eigenvalue weighted by atomic mass is 16.5. The minimum Gasteiger partial charge on any atom is -0.396 e. The summed E-state index contributed by atoms with van der Waals surface area (Å²) in [6.45, 7) is -0.217. The normalized spacial score (nSPS) is 46.4. The number of methoxy groups -OCH3 is 1. The van der Waals surface area contributed by atoms with Crippen molar-refractivity contribution in [1.82, 2.24) is 0 Å². The summed E-state index contributed by atoms with van der Waals surface area (Å²) in [6, 6.07) is 0. The zero-order valence-corrected chi connectivity index (χ0v) is 7.50. The summed E-state index contributed by atoms with van der Waals surface area (Å²) >= 11 is 0. The molecule has 0 saturated heterocycles. The number of aliphatic hydroxyl groups is 4. The summed E-state index contributed by atoms with van der Waals surface area (Å²) in [5.41, 5.74) is 0. The molecule has 1 aliphatic rings.